The van der Waals surface area contributed by atoms with E-state index in [-0.39, 0.29) is 12.4 Å². The van der Waals surface area contributed by atoms with Gasteiger partial charge in [0.2, 0.25) is 0 Å². The van der Waals surface area contributed by atoms with E-state index < -0.39 is 0 Å². The number of carbonyl (C=O) groups excluding carboxylic acids is 1. The first kappa shape index (κ1) is 12.1. The van der Waals surface area contributed by atoms with Gasteiger partial charge < -0.3 is 0 Å². The highest BCUT2D eigenvalue weighted by Gasteiger charge is 2.01. The van der Waals surface area contributed by atoms with Crippen molar-refractivity contribution in [2.45, 2.75) is 6.42 Å². The Labute approximate surface area is 94.2 Å². The number of hydrogen-bond donors (Lipinski definition) is 1. The number of benzene rings is 1. The maximum Gasteiger partial charge on any atom is 0.161 e. The zero-order valence-electron chi connectivity index (χ0n) is 8.73. The van der Waals surface area contributed by atoms with Crippen molar-refractivity contribution in [2.24, 2.45) is 0 Å². The van der Waals surface area contributed by atoms with Crippen molar-refractivity contribution in [3.63, 3.8) is 0 Å². The summed E-state index contributed by atoms with van der Waals surface area (Å²) in [6.45, 7) is 0.120. The fourth-order valence-electron chi connectivity index (χ4n) is 0.994. The molecule has 3 nitrogen and oxygen atoms in total. The summed E-state index contributed by atoms with van der Waals surface area (Å²) in [6.07, 6.45) is 2.55. The number of nitrogens with one attached hydrogen (secondary N) is 1. The van der Waals surface area contributed by atoms with E-state index in [1.807, 2.05) is 36.6 Å². The summed E-state index contributed by atoms with van der Waals surface area (Å²) in [5.41, 5.74) is 3.58. The molecule has 0 saturated heterocycles. The molecule has 1 aromatic rings. The molecule has 0 spiro atoms. The summed E-state index contributed by atoms with van der Waals surface area (Å²) in [6, 6.07) is 9.50. The van der Waals surface area contributed by atoms with Crippen LogP contribution in [0.3, 0.4) is 0 Å². The number of rotatable bonds is 7. The van der Waals surface area contributed by atoms with Crippen molar-refractivity contribution in [3.8, 4) is 0 Å². The number of para-hydroxylation sites is 1. The molecule has 0 aliphatic carbocycles. The molecule has 4 heteroatoms. The van der Waals surface area contributed by atoms with Crippen molar-refractivity contribution >= 4 is 23.2 Å². The molecule has 1 aromatic carbocycles. The van der Waals surface area contributed by atoms with Crippen LogP contribution in [-0.4, -0.2) is 24.4 Å². The zero-order chi connectivity index (χ0) is 10.9. The van der Waals surface area contributed by atoms with Crippen LogP contribution >= 0.6 is 11.8 Å². The minimum atomic E-state index is 0.118. The fraction of sp³-hybridized carbons (Fsp3) is 0.364. The van der Waals surface area contributed by atoms with Crippen molar-refractivity contribution < 1.29 is 9.63 Å². The van der Waals surface area contributed by atoms with Crippen LogP contribution in [-0.2, 0) is 9.63 Å². The lowest BCUT2D eigenvalue weighted by Gasteiger charge is -2.05. The Kier molecular flexibility index (Phi) is 5.88. The first-order valence-electron chi connectivity index (χ1n) is 4.76. The molecule has 0 radical (unpaired) electrons. The van der Waals surface area contributed by atoms with E-state index in [1.54, 1.807) is 11.8 Å². The predicted molar refractivity (Wildman–Crippen MR) is 64.0 cm³/mol. The number of ketones is 1. The van der Waals surface area contributed by atoms with Crippen molar-refractivity contribution in [2.75, 3.05) is 24.1 Å². The molecule has 82 valence electrons. The van der Waals surface area contributed by atoms with Crippen molar-refractivity contribution in [3.05, 3.63) is 30.3 Å². The second kappa shape index (κ2) is 7.31. The van der Waals surface area contributed by atoms with Gasteiger partial charge in [0, 0.05) is 6.42 Å². The van der Waals surface area contributed by atoms with E-state index in [2.05, 4.69) is 5.48 Å². The van der Waals surface area contributed by atoms with Crippen molar-refractivity contribution in [1.29, 1.82) is 0 Å². The fourth-order valence-corrected chi connectivity index (χ4v) is 1.43. The highest BCUT2D eigenvalue weighted by molar-refractivity contribution is 7.98. The topological polar surface area (TPSA) is 38.3 Å². The van der Waals surface area contributed by atoms with Gasteiger partial charge in [-0.2, -0.15) is 11.8 Å². The van der Waals surface area contributed by atoms with Crippen LogP contribution in [0.4, 0.5) is 5.69 Å². The van der Waals surface area contributed by atoms with Gasteiger partial charge in [-0.05, 0) is 24.1 Å². The van der Waals surface area contributed by atoms with E-state index >= 15 is 0 Å². The Morgan fingerprint density at radius 2 is 2.13 bits per heavy atom. The largest absolute Gasteiger partial charge is 0.297 e. The Bertz CT molecular complexity index is 290. The van der Waals surface area contributed by atoms with Crippen LogP contribution in [0, 0.1) is 0 Å². The third-order valence-corrected chi connectivity index (χ3v) is 2.39. The third-order valence-electron chi connectivity index (χ3n) is 1.78. The summed E-state index contributed by atoms with van der Waals surface area (Å²) < 4.78 is 0. The molecule has 1 rings (SSSR count). The number of Topliss-reactive ketones (excluding diaryl/α,β-unsaturated/α-hetero) is 1. The second-order valence-corrected chi connectivity index (χ2v) is 4.02. The van der Waals surface area contributed by atoms with Gasteiger partial charge in [0.25, 0.3) is 0 Å². The molecule has 0 fully saturated rings. The molecule has 0 heterocycles. The lowest BCUT2D eigenvalue weighted by atomic mass is 10.3. The summed E-state index contributed by atoms with van der Waals surface area (Å²) in [5, 5.41) is 0. The Morgan fingerprint density at radius 1 is 1.40 bits per heavy atom. The molecule has 0 unspecified atom stereocenters. The van der Waals surface area contributed by atoms with Gasteiger partial charge in [-0.3, -0.25) is 15.1 Å². The Morgan fingerprint density at radius 3 is 2.80 bits per heavy atom. The van der Waals surface area contributed by atoms with Crippen LogP contribution in [0.25, 0.3) is 0 Å². The van der Waals surface area contributed by atoms with Crippen molar-refractivity contribution in [1.82, 2.24) is 0 Å². The summed E-state index contributed by atoms with van der Waals surface area (Å²) in [4.78, 5) is 16.3. The molecular weight excluding hydrogens is 210 g/mol. The monoisotopic (exact) mass is 225 g/mol. The predicted octanol–water partition coefficient (Wildman–Crippen LogP) is 2.35. The summed E-state index contributed by atoms with van der Waals surface area (Å²) in [7, 11) is 0. The number of hydrogen-bond acceptors (Lipinski definition) is 4. The van der Waals surface area contributed by atoms with Crippen LogP contribution in [0.1, 0.15) is 6.42 Å². The second-order valence-electron chi connectivity index (χ2n) is 3.04. The highest BCUT2D eigenvalue weighted by atomic mass is 32.2. The van der Waals surface area contributed by atoms with Gasteiger partial charge in [-0.25, -0.2) is 0 Å². The zero-order valence-corrected chi connectivity index (χ0v) is 9.55. The van der Waals surface area contributed by atoms with Gasteiger partial charge >= 0.3 is 0 Å². The molecule has 0 aliphatic rings. The summed E-state index contributed by atoms with van der Waals surface area (Å²) in [5.74, 6) is 0.973. The molecular formula is C11H15NO2S. The standard InChI is InChI=1S/C11H15NO2S/c1-15-8-7-11(13)9-14-12-10-5-3-2-4-6-10/h2-6,12H,7-9H2,1H3. The Balaban J connectivity index is 2.14. The van der Waals surface area contributed by atoms with E-state index in [0.717, 1.165) is 11.4 Å². The maximum absolute atomic E-state index is 11.2. The van der Waals surface area contributed by atoms with Gasteiger partial charge in [-0.15, -0.1) is 0 Å². The quantitative estimate of drug-likeness (QED) is 0.723. The number of thioether (sulfide) groups is 1. The van der Waals surface area contributed by atoms with Gasteiger partial charge in [0.1, 0.15) is 6.61 Å². The number of carbonyl (C=O) groups is 1. The number of anilines is 1. The first-order chi connectivity index (χ1) is 7.33. The summed E-state index contributed by atoms with van der Waals surface area (Å²) >= 11 is 1.66. The van der Waals surface area contributed by atoms with E-state index in [9.17, 15) is 4.79 Å². The Hall–Kier alpha value is -1.00. The van der Waals surface area contributed by atoms with Gasteiger partial charge in [-0.1, -0.05) is 18.2 Å². The SMILES string of the molecule is CSCCC(=O)CONc1ccccc1. The smallest absolute Gasteiger partial charge is 0.161 e. The van der Waals surface area contributed by atoms with Crippen LogP contribution in [0.2, 0.25) is 0 Å². The van der Waals surface area contributed by atoms with Crippen LogP contribution in [0.5, 0.6) is 0 Å². The van der Waals surface area contributed by atoms with Crippen LogP contribution in [0.15, 0.2) is 30.3 Å². The minimum absolute atomic E-state index is 0.118. The maximum atomic E-state index is 11.2. The molecule has 0 bridgehead atoms. The van der Waals surface area contributed by atoms with Gasteiger partial charge in [0.15, 0.2) is 5.78 Å². The molecule has 0 atom stereocenters. The molecule has 0 amide bonds. The highest BCUT2D eigenvalue weighted by Crippen LogP contribution is 2.04. The van der Waals surface area contributed by atoms with E-state index in [0.29, 0.717) is 6.42 Å². The normalized spacial score (nSPS) is 9.93. The molecule has 0 saturated carbocycles. The first-order valence-corrected chi connectivity index (χ1v) is 6.16. The lowest BCUT2D eigenvalue weighted by molar-refractivity contribution is -0.122. The average Bonchev–Trinajstić information content (AvgIpc) is 2.28. The third kappa shape index (κ3) is 5.44. The minimum Gasteiger partial charge on any atom is -0.297 e. The van der Waals surface area contributed by atoms with Gasteiger partial charge in [0.05, 0.1) is 5.69 Å². The van der Waals surface area contributed by atoms with E-state index in [1.165, 1.54) is 0 Å². The lowest BCUT2D eigenvalue weighted by Crippen LogP contribution is -2.12. The molecule has 1 N–H and O–H groups in total. The molecule has 0 aromatic heterocycles. The van der Waals surface area contributed by atoms with Crippen LogP contribution < -0.4 is 5.48 Å². The molecule has 15 heavy (non-hydrogen) atoms. The molecule has 0 aliphatic heterocycles. The average molecular weight is 225 g/mol. The van der Waals surface area contributed by atoms with E-state index in [4.69, 9.17) is 4.84 Å².